The molecule has 4 nitrogen and oxygen atoms in total. The lowest BCUT2D eigenvalue weighted by Crippen LogP contribution is -2.52. The van der Waals surface area contributed by atoms with Gasteiger partial charge in [-0.15, -0.1) is 0 Å². The lowest BCUT2D eigenvalue weighted by atomic mass is 9.80. The third kappa shape index (κ3) is 3.92. The Bertz CT molecular complexity index is 1030. The Hall–Kier alpha value is -2.66. The van der Waals surface area contributed by atoms with Crippen LogP contribution in [0.1, 0.15) is 42.2 Å². The Balaban J connectivity index is 1.52. The number of nitrogens with zero attached hydrogens (tertiary/aromatic N) is 1. The minimum atomic E-state index is -0.448. The minimum absolute atomic E-state index is 0.0636. The number of fused-ring (bicyclic) bond motifs is 1. The highest BCUT2D eigenvalue weighted by atomic mass is 19.1. The highest BCUT2D eigenvalue weighted by Crippen LogP contribution is 2.35. The first kappa shape index (κ1) is 19.6. The largest absolute Gasteiger partial charge is 0.459 e. The molecule has 4 rings (SSSR count). The Morgan fingerprint density at radius 2 is 1.83 bits per heavy atom. The van der Waals surface area contributed by atoms with Crippen LogP contribution in [0.2, 0.25) is 0 Å². The third-order valence-corrected chi connectivity index (χ3v) is 6.08. The summed E-state index contributed by atoms with van der Waals surface area (Å²) in [6.45, 7) is 8.15. The van der Waals surface area contributed by atoms with Crippen molar-refractivity contribution in [2.75, 3.05) is 13.1 Å². The highest BCUT2D eigenvalue weighted by Gasteiger charge is 2.37. The monoisotopic (exact) mass is 394 g/mol. The van der Waals surface area contributed by atoms with E-state index in [0.717, 1.165) is 49.4 Å². The lowest BCUT2D eigenvalue weighted by Gasteiger charge is -2.42. The Labute approximate surface area is 170 Å². The van der Waals surface area contributed by atoms with Gasteiger partial charge in [0.15, 0.2) is 0 Å². The number of benzene rings is 2. The van der Waals surface area contributed by atoms with Crippen LogP contribution in [0.15, 0.2) is 46.9 Å². The van der Waals surface area contributed by atoms with E-state index in [-0.39, 0.29) is 11.7 Å². The SMILES string of the molecule is CC(=O)NC1(c2ccc(F)cc2)CCN(Cc2oc3ccc(C)cc3c2C)CC1. The van der Waals surface area contributed by atoms with Crippen LogP contribution in [-0.4, -0.2) is 23.9 Å². The topological polar surface area (TPSA) is 45.5 Å². The van der Waals surface area contributed by atoms with Crippen LogP contribution in [-0.2, 0) is 16.9 Å². The Morgan fingerprint density at radius 1 is 1.14 bits per heavy atom. The first-order valence-electron chi connectivity index (χ1n) is 10.1. The second kappa shape index (κ2) is 7.64. The molecule has 0 aliphatic carbocycles. The quantitative estimate of drug-likeness (QED) is 0.690. The zero-order chi connectivity index (χ0) is 20.6. The van der Waals surface area contributed by atoms with Crippen molar-refractivity contribution in [3.8, 4) is 0 Å². The van der Waals surface area contributed by atoms with E-state index in [0.29, 0.717) is 0 Å². The van der Waals surface area contributed by atoms with Gasteiger partial charge in [-0.25, -0.2) is 4.39 Å². The molecule has 0 saturated carbocycles. The maximum Gasteiger partial charge on any atom is 0.217 e. The fraction of sp³-hybridized carbons (Fsp3) is 0.375. The molecule has 1 aliphatic rings. The van der Waals surface area contributed by atoms with E-state index in [2.05, 4.69) is 36.2 Å². The van der Waals surface area contributed by atoms with Crippen molar-refractivity contribution in [3.63, 3.8) is 0 Å². The normalized spacial score (nSPS) is 16.8. The van der Waals surface area contributed by atoms with Gasteiger partial charge in [0.25, 0.3) is 0 Å². The zero-order valence-corrected chi connectivity index (χ0v) is 17.2. The molecule has 1 fully saturated rings. The molecule has 1 aliphatic heterocycles. The summed E-state index contributed by atoms with van der Waals surface area (Å²) < 4.78 is 19.5. The van der Waals surface area contributed by atoms with Crippen LogP contribution in [0.25, 0.3) is 11.0 Å². The molecule has 29 heavy (non-hydrogen) atoms. The maximum absolute atomic E-state index is 13.4. The van der Waals surface area contributed by atoms with Gasteiger partial charge in [-0.2, -0.15) is 0 Å². The molecule has 1 aromatic heterocycles. The van der Waals surface area contributed by atoms with Crippen molar-refractivity contribution >= 4 is 16.9 Å². The van der Waals surface area contributed by atoms with E-state index in [9.17, 15) is 9.18 Å². The number of carbonyl (C=O) groups excluding carboxylic acids is 1. The summed E-state index contributed by atoms with van der Waals surface area (Å²) in [4.78, 5) is 14.2. The van der Waals surface area contributed by atoms with Crippen LogP contribution in [0, 0.1) is 19.7 Å². The summed E-state index contributed by atoms with van der Waals surface area (Å²) in [5, 5.41) is 4.32. The van der Waals surface area contributed by atoms with Crippen molar-refractivity contribution in [1.82, 2.24) is 10.2 Å². The van der Waals surface area contributed by atoms with E-state index >= 15 is 0 Å². The molecule has 1 N–H and O–H groups in total. The van der Waals surface area contributed by atoms with Gasteiger partial charge in [0.05, 0.1) is 12.1 Å². The molecule has 0 unspecified atom stereocenters. The Kier molecular flexibility index (Phi) is 5.17. The lowest BCUT2D eigenvalue weighted by molar-refractivity contribution is -0.121. The summed E-state index contributed by atoms with van der Waals surface area (Å²) in [5.74, 6) is 0.672. The highest BCUT2D eigenvalue weighted by molar-refractivity contribution is 5.82. The molecular weight excluding hydrogens is 367 g/mol. The summed E-state index contributed by atoms with van der Waals surface area (Å²) in [5.41, 5.74) is 3.87. The molecule has 0 bridgehead atoms. The number of furan rings is 1. The standard InChI is InChI=1S/C24H27FN2O2/c1-16-4-9-22-21(14-16)17(2)23(29-22)15-27-12-10-24(11-13-27,26-18(3)28)19-5-7-20(25)8-6-19/h4-9,14H,10-13,15H2,1-3H3,(H,26,28). The van der Waals surface area contributed by atoms with E-state index in [1.54, 1.807) is 12.1 Å². The molecule has 152 valence electrons. The average Bonchev–Trinajstić information content (AvgIpc) is 2.99. The molecule has 1 amide bonds. The van der Waals surface area contributed by atoms with Crippen LogP contribution in [0.3, 0.4) is 0 Å². The van der Waals surface area contributed by atoms with Gasteiger partial charge >= 0.3 is 0 Å². The first-order chi connectivity index (χ1) is 13.9. The predicted molar refractivity (Wildman–Crippen MR) is 112 cm³/mol. The summed E-state index contributed by atoms with van der Waals surface area (Å²) in [6.07, 6.45) is 1.55. The molecule has 1 saturated heterocycles. The molecule has 5 heteroatoms. The molecule has 0 radical (unpaired) electrons. The summed E-state index contributed by atoms with van der Waals surface area (Å²) in [6, 6.07) is 12.8. The van der Waals surface area contributed by atoms with Gasteiger partial charge in [-0.1, -0.05) is 23.8 Å². The van der Waals surface area contributed by atoms with Gasteiger partial charge in [-0.05, 0) is 62.1 Å². The molecule has 0 atom stereocenters. The van der Waals surface area contributed by atoms with Crippen molar-refractivity contribution in [2.45, 2.75) is 45.7 Å². The van der Waals surface area contributed by atoms with Crippen molar-refractivity contribution in [1.29, 1.82) is 0 Å². The van der Waals surface area contributed by atoms with E-state index in [1.165, 1.54) is 35.6 Å². The third-order valence-electron chi connectivity index (χ3n) is 6.08. The van der Waals surface area contributed by atoms with Gasteiger partial charge in [-0.3, -0.25) is 9.69 Å². The fourth-order valence-corrected chi connectivity index (χ4v) is 4.42. The Morgan fingerprint density at radius 3 is 2.48 bits per heavy atom. The van der Waals surface area contributed by atoms with E-state index in [4.69, 9.17) is 4.42 Å². The van der Waals surface area contributed by atoms with Crippen molar-refractivity contribution < 1.29 is 13.6 Å². The summed E-state index contributed by atoms with van der Waals surface area (Å²) in [7, 11) is 0. The number of carbonyl (C=O) groups is 1. The number of hydrogen-bond acceptors (Lipinski definition) is 3. The fourth-order valence-electron chi connectivity index (χ4n) is 4.42. The molecule has 2 heterocycles. The predicted octanol–water partition coefficient (Wildman–Crippen LogP) is 4.82. The number of nitrogens with one attached hydrogen (secondary N) is 1. The average molecular weight is 394 g/mol. The van der Waals surface area contributed by atoms with Gasteiger partial charge in [0.1, 0.15) is 17.2 Å². The number of likely N-dealkylation sites (tertiary alicyclic amines) is 1. The smallest absolute Gasteiger partial charge is 0.217 e. The number of aryl methyl sites for hydroxylation is 2. The first-order valence-corrected chi connectivity index (χ1v) is 10.1. The minimum Gasteiger partial charge on any atom is -0.459 e. The van der Waals surface area contributed by atoms with Gasteiger partial charge < -0.3 is 9.73 Å². The zero-order valence-electron chi connectivity index (χ0n) is 17.2. The maximum atomic E-state index is 13.4. The van der Waals surface area contributed by atoms with Crippen molar-refractivity contribution in [3.05, 3.63) is 70.7 Å². The van der Waals surface area contributed by atoms with Gasteiger partial charge in [0, 0.05) is 25.4 Å². The molecule has 2 aromatic carbocycles. The number of rotatable bonds is 4. The van der Waals surface area contributed by atoms with E-state index < -0.39 is 5.54 Å². The van der Waals surface area contributed by atoms with Crippen LogP contribution < -0.4 is 5.32 Å². The summed E-state index contributed by atoms with van der Waals surface area (Å²) >= 11 is 0. The molecule has 0 spiro atoms. The van der Waals surface area contributed by atoms with Crippen LogP contribution in [0.5, 0.6) is 0 Å². The second-order valence-corrected chi connectivity index (χ2v) is 8.20. The number of hydrogen-bond donors (Lipinski definition) is 1. The van der Waals surface area contributed by atoms with Gasteiger partial charge in [0.2, 0.25) is 5.91 Å². The van der Waals surface area contributed by atoms with Crippen molar-refractivity contribution in [2.24, 2.45) is 0 Å². The van der Waals surface area contributed by atoms with E-state index in [1.807, 2.05) is 6.07 Å². The molecule has 3 aromatic rings. The van der Waals surface area contributed by atoms with Crippen LogP contribution in [0.4, 0.5) is 4.39 Å². The number of halogens is 1. The number of piperidine rings is 1. The second-order valence-electron chi connectivity index (χ2n) is 8.20. The molecular formula is C24H27FN2O2. The number of amides is 1. The van der Waals surface area contributed by atoms with Crippen LogP contribution >= 0.6 is 0 Å².